The van der Waals surface area contributed by atoms with Gasteiger partial charge in [-0.1, -0.05) is 0 Å². The summed E-state index contributed by atoms with van der Waals surface area (Å²) in [5.41, 5.74) is 0.493. The number of ether oxygens (including phenoxy) is 3. The Morgan fingerprint density at radius 2 is 1.97 bits per heavy atom. The summed E-state index contributed by atoms with van der Waals surface area (Å²) in [5.74, 6) is 2.20. The van der Waals surface area contributed by atoms with Crippen LogP contribution in [-0.2, 0) is 6.54 Å². The van der Waals surface area contributed by atoms with Crippen molar-refractivity contribution < 1.29 is 27.4 Å². The van der Waals surface area contributed by atoms with Crippen LogP contribution < -0.4 is 24.8 Å². The minimum atomic E-state index is -2.94. The molecule has 2 heterocycles. The van der Waals surface area contributed by atoms with Gasteiger partial charge in [0.25, 0.3) is 0 Å². The molecule has 30 heavy (non-hydrogen) atoms. The molecule has 0 fully saturated rings. The van der Waals surface area contributed by atoms with E-state index in [-0.39, 0.29) is 49.1 Å². The fourth-order valence-electron chi connectivity index (χ4n) is 2.92. The molecular weight excluding hydrogens is 513 g/mol. The van der Waals surface area contributed by atoms with Gasteiger partial charge in [-0.3, -0.25) is 9.89 Å². The number of guanidine groups is 1. The Balaban J connectivity index is 0.00000320. The normalized spacial score (nSPS) is 13.9. The van der Waals surface area contributed by atoms with E-state index in [9.17, 15) is 8.78 Å². The van der Waals surface area contributed by atoms with Gasteiger partial charge in [0.15, 0.2) is 17.5 Å². The zero-order chi connectivity index (χ0) is 20.8. The highest BCUT2D eigenvalue weighted by Gasteiger charge is 2.21. The molecule has 3 rings (SSSR count). The van der Waals surface area contributed by atoms with Crippen molar-refractivity contribution in [3.05, 3.63) is 41.9 Å². The van der Waals surface area contributed by atoms with Gasteiger partial charge in [-0.2, -0.15) is 8.78 Å². The quantitative estimate of drug-likeness (QED) is 0.304. The van der Waals surface area contributed by atoms with Gasteiger partial charge in [-0.25, -0.2) is 0 Å². The Kier molecular flexibility index (Phi) is 8.96. The summed E-state index contributed by atoms with van der Waals surface area (Å²) in [6.07, 6.45) is 1.63. The van der Waals surface area contributed by atoms with Crippen molar-refractivity contribution in [1.29, 1.82) is 0 Å². The van der Waals surface area contributed by atoms with Crippen molar-refractivity contribution in [2.75, 3.05) is 34.5 Å². The molecule has 0 spiro atoms. The highest BCUT2D eigenvalue weighted by atomic mass is 127. The van der Waals surface area contributed by atoms with Crippen LogP contribution >= 0.6 is 24.0 Å². The number of rotatable bonds is 8. The number of hydrogen-bond acceptors (Lipinski definition) is 6. The number of halogens is 3. The van der Waals surface area contributed by atoms with Crippen LogP contribution in [0.25, 0.3) is 0 Å². The van der Waals surface area contributed by atoms with E-state index < -0.39 is 6.61 Å². The van der Waals surface area contributed by atoms with Crippen LogP contribution in [0, 0.1) is 0 Å². The van der Waals surface area contributed by atoms with Crippen molar-refractivity contribution in [2.45, 2.75) is 19.2 Å². The smallest absolute Gasteiger partial charge is 0.387 e. The molecule has 1 aliphatic rings. The molecule has 0 radical (unpaired) electrons. The highest BCUT2D eigenvalue weighted by Crippen LogP contribution is 2.38. The molecule has 2 aromatic rings. The molecule has 0 saturated carbocycles. The van der Waals surface area contributed by atoms with Crippen LogP contribution in [0.1, 0.15) is 17.4 Å². The maximum absolute atomic E-state index is 12.8. The number of alkyl halides is 2. The average molecular weight is 538 g/mol. The molecular formula is C19H25F2IN4O4. The second kappa shape index (κ2) is 11.2. The monoisotopic (exact) mass is 538 g/mol. The van der Waals surface area contributed by atoms with Gasteiger partial charge in [0.2, 0.25) is 6.79 Å². The number of benzene rings is 1. The van der Waals surface area contributed by atoms with E-state index in [1.807, 2.05) is 31.1 Å². The summed E-state index contributed by atoms with van der Waals surface area (Å²) in [5, 5.41) is 6.31. The van der Waals surface area contributed by atoms with Crippen LogP contribution in [0.2, 0.25) is 0 Å². The predicted molar refractivity (Wildman–Crippen MR) is 118 cm³/mol. The van der Waals surface area contributed by atoms with Gasteiger partial charge in [0, 0.05) is 31.8 Å². The molecule has 2 N–H and O–H groups in total. The Morgan fingerprint density at radius 1 is 1.23 bits per heavy atom. The molecule has 166 valence electrons. The fourth-order valence-corrected chi connectivity index (χ4v) is 2.92. The predicted octanol–water partition coefficient (Wildman–Crippen LogP) is 3.20. The van der Waals surface area contributed by atoms with E-state index in [2.05, 4.69) is 20.4 Å². The third kappa shape index (κ3) is 6.11. The van der Waals surface area contributed by atoms with Crippen LogP contribution in [0.15, 0.2) is 39.9 Å². The van der Waals surface area contributed by atoms with Crippen LogP contribution in [0.3, 0.4) is 0 Å². The number of fused-ring (bicyclic) bond motifs is 1. The standard InChI is InChI=1S/C19H24F2N4O4.HI/c1-22-19(24-10-13(25(2)3)14-5-4-6-26-14)23-9-12-7-16-17(28-11-27-16)8-15(12)29-18(20)21;/h4-8,13,18H,9-11H2,1-3H3,(H2,22,23,24);1H. The second-order valence-corrected chi connectivity index (χ2v) is 6.49. The molecule has 8 nitrogen and oxygen atoms in total. The first-order valence-electron chi connectivity index (χ1n) is 8.99. The van der Waals surface area contributed by atoms with Gasteiger partial charge in [-0.15, -0.1) is 24.0 Å². The number of aliphatic imine (C=N–C) groups is 1. The Hall–Kier alpha value is -2.28. The maximum Gasteiger partial charge on any atom is 0.387 e. The van der Waals surface area contributed by atoms with Crippen molar-refractivity contribution in [3.8, 4) is 17.2 Å². The number of hydrogen-bond donors (Lipinski definition) is 2. The third-order valence-corrected chi connectivity index (χ3v) is 4.40. The molecule has 0 aliphatic carbocycles. The van der Waals surface area contributed by atoms with Gasteiger partial charge in [0.05, 0.1) is 12.3 Å². The molecule has 0 bridgehead atoms. The SMILES string of the molecule is CN=C(NCc1cc2c(cc1OC(F)F)OCO2)NCC(c1ccco1)N(C)C.I. The maximum atomic E-state index is 12.8. The summed E-state index contributed by atoms with van der Waals surface area (Å²) in [6, 6.07) is 6.75. The largest absolute Gasteiger partial charge is 0.468 e. The number of nitrogens with one attached hydrogen (secondary N) is 2. The molecule has 1 aromatic carbocycles. The number of nitrogens with zero attached hydrogens (tertiary/aromatic N) is 2. The molecule has 0 saturated heterocycles. The third-order valence-electron chi connectivity index (χ3n) is 4.40. The lowest BCUT2D eigenvalue weighted by Gasteiger charge is -2.24. The molecule has 1 atom stereocenters. The van der Waals surface area contributed by atoms with E-state index in [1.54, 1.807) is 19.4 Å². The average Bonchev–Trinajstić information content (AvgIpc) is 3.35. The minimum absolute atomic E-state index is 0. The zero-order valence-corrected chi connectivity index (χ0v) is 19.2. The highest BCUT2D eigenvalue weighted by molar-refractivity contribution is 14.0. The Morgan fingerprint density at radius 3 is 2.57 bits per heavy atom. The topological polar surface area (TPSA) is 80.5 Å². The lowest BCUT2D eigenvalue weighted by Crippen LogP contribution is -2.41. The van der Waals surface area contributed by atoms with Crippen LogP contribution in [0.4, 0.5) is 8.78 Å². The molecule has 1 unspecified atom stereocenters. The summed E-state index contributed by atoms with van der Waals surface area (Å²) in [6.45, 7) is -2.17. The Bertz CT molecular complexity index is 834. The van der Waals surface area contributed by atoms with Gasteiger partial charge in [0.1, 0.15) is 11.5 Å². The molecule has 0 amide bonds. The lowest BCUT2D eigenvalue weighted by atomic mass is 10.1. The van der Waals surface area contributed by atoms with Gasteiger partial charge in [-0.05, 0) is 32.3 Å². The molecule has 1 aliphatic heterocycles. The van der Waals surface area contributed by atoms with Crippen LogP contribution in [0.5, 0.6) is 17.2 Å². The second-order valence-electron chi connectivity index (χ2n) is 6.49. The van der Waals surface area contributed by atoms with Crippen molar-refractivity contribution in [3.63, 3.8) is 0 Å². The summed E-state index contributed by atoms with van der Waals surface area (Å²) in [4.78, 5) is 6.20. The Labute approximate surface area is 190 Å². The number of furan rings is 1. The van der Waals surface area contributed by atoms with E-state index in [0.29, 0.717) is 29.6 Å². The van der Waals surface area contributed by atoms with Crippen molar-refractivity contribution in [2.24, 2.45) is 4.99 Å². The van der Waals surface area contributed by atoms with Crippen LogP contribution in [-0.4, -0.2) is 52.0 Å². The van der Waals surface area contributed by atoms with E-state index in [1.165, 1.54) is 6.07 Å². The first-order chi connectivity index (χ1) is 14.0. The first-order valence-corrected chi connectivity index (χ1v) is 8.99. The zero-order valence-electron chi connectivity index (χ0n) is 16.9. The first kappa shape index (κ1) is 24.0. The summed E-state index contributed by atoms with van der Waals surface area (Å²) in [7, 11) is 5.53. The molecule has 1 aromatic heterocycles. The fraction of sp³-hybridized carbons (Fsp3) is 0.421. The van der Waals surface area contributed by atoms with Gasteiger partial charge >= 0.3 is 6.61 Å². The summed E-state index contributed by atoms with van der Waals surface area (Å²) >= 11 is 0. The van der Waals surface area contributed by atoms with Gasteiger partial charge < -0.3 is 29.3 Å². The summed E-state index contributed by atoms with van der Waals surface area (Å²) < 4.78 is 46.2. The molecule has 11 heteroatoms. The van der Waals surface area contributed by atoms with E-state index >= 15 is 0 Å². The van der Waals surface area contributed by atoms with E-state index in [0.717, 1.165) is 5.76 Å². The minimum Gasteiger partial charge on any atom is -0.468 e. The van der Waals surface area contributed by atoms with Crippen molar-refractivity contribution >= 4 is 29.9 Å². The lowest BCUT2D eigenvalue weighted by molar-refractivity contribution is -0.0505. The number of likely N-dealkylation sites (N-methyl/N-ethyl adjacent to an activating group) is 1. The van der Waals surface area contributed by atoms with E-state index in [4.69, 9.17) is 13.9 Å². The van der Waals surface area contributed by atoms with Crippen molar-refractivity contribution in [1.82, 2.24) is 15.5 Å².